The summed E-state index contributed by atoms with van der Waals surface area (Å²) >= 11 is 0. The standard InChI is InChI=1S/C16H19N3O3/c1-18-7-5-10(6-8-18)15(20)11-3-4-13-12(9-11)14(16(21)22)17-19(13)2/h3-4,9-10H,5-8H2,1-2H3,(H,21,22). The Morgan fingerprint density at radius 1 is 1.23 bits per heavy atom. The van der Waals surface area contributed by atoms with Gasteiger partial charge < -0.3 is 10.0 Å². The highest BCUT2D eigenvalue weighted by atomic mass is 16.4. The lowest BCUT2D eigenvalue weighted by Gasteiger charge is -2.28. The number of hydrogen-bond donors (Lipinski definition) is 1. The summed E-state index contributed by atoms with van der Waals surface area (Å²) in [6.07, 6.45) is 1.71. The van der Waals surface area contributed by atoms with Crippen molar-refractivity contribution >= 4 is 22.7 Å². The summed E-state index contributed by atoms with van der Waals surface area (Å²) in [6, 6.07) is 5.22. The number of aromatic carboxylic acids is 1. The summed E-state index contributed by atoms with van der Waals surface area (Å²) in [6.45, 7) is 1.85. The first kappa shape index (κ1) is 14.7. The fraction of sp³-hybridized carbons (Fsp3) is 0.438. The van der Waals surface area contributed by atoms with Crippen molar-refractivity contribution in [2.45, 2.75) is 12.8 Å². The van der Waals surface area contributed by atoms with Crippen LogP contribution in [0.3, 0.4) is 0 Å². The highest BCUT2D eigenvalue weighted by Crippen LogP contribution is 2.25. The number of fused-ring (bicyclic) bond motifs is 1. The van der Waals surface area contributed by atoms with E-state index in [1.54, 1.807) is 25.2 Å². The molecule has 2 heterocycles. The predicted octanol–water partition coefficient (Wildman–Crippen LogP) is 1.80. The minimum absolute atomic E-state index is 0.00414. The van der Waals surface area contributed by atoms with Crippen molar-refractivity contribution in [2.24, 2.45) is 13.0 Å². The van der Waals surface area contributed by atoms with Crippen LogP contribution in [0.1, 0.15) is 33.7 Å². The van der Waals surface area contributed by atoms with E-state index in [0.29, 0.717) is 10.9 Å². The Morgan fingerprint density at radius 2 is 1.91 bits per heavy atom. The Bertz CT molecular complexity index is 742. The van der Waals surface area contributed by atoms with Crippen molar-refractivity contribution in [1.82, 2.24) is 14.7 Å². The smallest absolute Gasteiger partial charge is 0.357 e. The molecule has 22 heavy (non-hydrogen) atoms. The van der Waals surface area contributed by atoms with Gasteiger partial charge in [-0.15, -0.1) is 0 Å². The number of rotatable bonds is 3. The number of piperidine rings is 1. The molecule has 1 aliphatic rings. The van der Waals surface area contributed by atoms with E-state index in [1.165, 1.54) is 4.68 Å². The van der Waals surface area contributed by atoms with E-state index in [-0.39, 0.29) is 17.4 Å². The van der Waals surface area contributed by atoms with E-state index in [9.17, 15) is 14.7 Å². The summed E-state index contributed by atoms with van der Waals surface area (Å²) in [7, 11) is 3.76. The molecule has 1 aromatic carbocycles. The number of aromatic nitrogens is 2. The Hall–Kier alpha value is -2.21. The van der Waals surface area contributed by atoms with Gasteiger partial charge in [0.05, 0.1) is 5.52 Å². The molecule has 6 heteroatoms. The summed E-state index contributed by atoms with van der Waals surface area (Å²) in [5.41, 5.74) is 1.30. The first-order valence-corrected chi connectivity index (χ1v) is 7.40. The Kier molecular flexibility index (Phi) is 3.70. The van der Waals surface area contributed by atoms with Crippen LogP contribution in [-0.4, -0.2) is 51.7 Å². The van der Waals surface area contributed by atoms with Crippen molar-refractivity contribution in [3.63, 3.8) is 0 Å². The first-order chi connectivity index (χ1) is 10.5. The van der Waals surface area contributed by atoms with Crippen LogP contribution < -0.4 is 0 Å². The molecule has 0 bridgehead atoms. The molecule has 3 rings (SSSR count). The van der Waals surface area contributed by atoms with Gasteiger partial charge in [-0.3, -0.25) is 9.48 Å². The normalized spacial score (nSPS) is 17.0. The van der Waals surface area contributed by atoms with Crippen LogP contribution in [0.4, 0.5) is 0 Å². The molecule has 1 aliphatic heterocycles. The van der Waals surface area contributed by atoms with E-state index < -0.39 is 5.97 Å². The van der Waals surface area contributed by atoms with Crippen LogP contribution in [0.5, 0.6) is 0 Å². The maximum absolute atomic E-state index is 12.6. The van der Waals surface area contributed by atoms with Gasteiger partial charge in [0.2, 0.25) is 0 Å². The fourth-order valence-electron chi connectivity index (χ4n) is 3.08. The van der Waals surface area contributed by atoms with Gasteiger partial charge in [-0.25, -0.2) is 4.79 Å². The lowest BCUT2D eigenvalue weighted by Crippen LogP contribution is -2.33. The number of carboxylic acids is 1. The molecule has 0 radical (unpaired) electrons. The zero-order valence-electron chi connectivity index (χ0n) is 12.7. The van der Waals surface area contributed by atoms with Crippen LogP contribution >= 0.6 is 0 Å². The van der Waals surface area contributed by atoms with Crippen molar-refractivity contribution in [3.8, 4) is 0 Å². The second-order valence-corrected chi connectivity index (χ2v) is 5.95. The molecule has 0 amide bonds. The van der Waals surface area contributed by atoms with E-state index in [0.717, 1.165) is 31.4 Å². The molecule has 0 atom stereocenters. The molecular formula is C16H19N3O3. The molecule has 6 nitrogen and oxygen atoms in total. The topological polar surface area (TPSA) is 75.4 Å². The lowest BCUT2D eigenvalue weighted by atomic mass is 9.88. The van der Waals surface area contributed by atoms with Crippen LogP contribution in [0.25, 0.3) is 10.9 Å². The highest BCUT2D eigenvalue weighted by Gasteiger charge is 2.25. The molecule has 1 N–H and O–H groups in total. The molecule has 2 aromatic rings. The first-order valence-electron chi connectivity index (χ1n) is 7.40. The van der Waals surface area contributed by atoms with Gasteiger partial charge >= 0.3 is 5.97 Å². The molecule has 0 aliphatic carbocycles. The largest absolute Gasteiger partial charge is 0.476 e. The van der Waals surface area contributed by atoms with Crippen molar-refractivity contribution in [1.29, 1.82) is 0 Å². The monoisotopic (exact) mass is 301 g/mol. The third-order valence-electron chi connectivity index (χ3n) is 4.43. The Morgan fingerprint density at radius 3 is 2.55 bits per heavy atom. The quantitative estimate of drug-likeness (QED) is 0.875. The van der Waals surface area contributed by atoms with Gasteiger partial charge in [-0.2, -0.15) is 5.10 Å². The van der Waals surface area contributed by atoms with Gasteiger partial charge in [0.15, 0.2) is 11.5 Å². The molecule has 1 fully saturated rings. The summed E-state index contributed by atoms with van der Waals surface area (Å²) < 4.78 is 1.53. The van der Waals surface area contributed by atoms with E-state index in [4.69, 9.17) is 0 Å². The number of nitrogens with zero attached hydrogens (tertiary/aromatic N) is 3. The zero-order chi connectivity index (χ0) is 15.9. The third-order valence-corrected chi connectivity index (χ3v) is 4.43. The maximum atomic E-state index is 12.6. The third kappa shape index (κ3) is 2.50. The number of benzene rings is 1. The molecule has 1 saturated heterocycles. The average molecular weight is 301 g/mol. The second-order valence-electron chi connectivity index (χ2n) is 5.95. The van der Waals surface area contributed by atoms with Gasteiger partial charge in [-0.1, -0.05) is 0 Å². The minimum atomic E-state index is -1.07. The zero-order valence-corrected chi connectivity index (χ0v) is 12.7. The average Bonchev–Trinajstić information content (AvgIpc) is 2.84. The van der Waals surface area contributed by atoms with Gasteiger partial charge in [0.1, 0.15) is 0 Å². The number of carbonyl (C=O) groups is 2. The van der Waals surface area contributed by atoms with Crippen LogP contribution in [0.15, 0.2) is 18.2 Å². The molecule has 0 unspecified atom stereocenters. The summed E-state index contributed by atoms with van der Waals surface area (Å²) in [5, 5.41) is 13.8. The number of hydrogen-bond acceptors (Lipinski definition) is 4. The van der Waals surface area contributed by atoms with Crippen molar-refractivity contribution in [3.05, 3.63) is 29.5 Å². The molecule has 0 spiro atoms. The molecule has 116 valence electrons. The van der Waals surface area contributed by atoms with E-state index in [2.05, 4.69) is 17.0 Å². The molecular weight excluding hydrogens is 282 g/mol. The van der Waals surface area contributed by atoms with Crippen molar-refractivity contribution in [2.75, 3.05) is 20.1 Å². The van der Waals surface area contributed by atoms with Crippen LogP contribution in [-0.2, 0) is 7.05 Å². The number of ketones is 1. The SMILES string of the molecule is CN1CCC(C(=O)c2ccc3c(c2)c(C(=O)O)nn3C)CC1. The lowest BCUT2D eigenvalue weighted by molar-refractivity contribution is 0.0691. The van der Waals surface area contributed by atoms with Gasteiger partial charge in [0.25, 0.3) is 0 Å². The minimum Gasteiger partial charge on any atom is -0.476 e. The second kappa shape index (κ2) is 5.53. The van der Waals surface area contributed by atoms with Crippen LogP contribution in [0, 0.1) is 5.92 Å². The number of carboxylic acid groups (broad SMARTS) is 1. The molecule has 1 aromatic heterocycles. The summed E-state index contributed by atoms with van der Waals surface area (Å²) in [4.78, 5) is 26.1. The number of aryl methyl sites for hydroxylation is 1. The van der Waals surface area contributed by atoms with E-state index >= 15 is 0 Å². The Balaban J connectivity index is 1.96. The highest BCUT2D eigenvalue weighted by molar-refractivity contribution is 6.06. The number of likely N-dealkylation sites (tertiary alicyclic amines) is 1. The maximum Gasteiger partial charge on any atom is 0.357 e. The number of Topliss-reactive ketones (excluding diaryl/α,β-unsaturated/α-hetero) is 1. The van der Waals surface area contributed by atoms with Crippen molar-refractivity contribution < 1.29 is 14.7 Å². The van der Waals surface area contributed by atoms with Crippen LogP contribution in [0.2, 0.25) is 0 Å². The van der Waals surface area contributed by atoms with Gasteiger partial charge in [0, 0.05) is 23.9 Å². The molecule has 0 saturated carbocycles. The fourth-order valence-corrected chi connectivity index (χ4v) is 3.08. The summed E-state index contributed by atoms with van der Waals surface area (Å²) in [5.74, 6) is -0.941. The number of carbonyl (C=O) groups excluding carboxylic acids is 1. The van der Waals surface area contributed by atoms with E-state index in [1.807, 2.05) is 0 Å². The predicted molar refractivity (Wildman–Crippen MR) is 82.2 cm³/mol. The van der Waals surface area contributed by atoms with Gasteiger partial charge in [-0.05, 0) is 51.2 Å². The Labute approximate surface area is 128 Å².